The Balaban J connectivity index is 1.82. The molecule has 0 bridgehead atoms. The molecule has 0 radical (unpaired) electrons. The molecule has 2 heterocycles. The number of nitrogens with zero attached hydrogens (tertiary/aromatic N) is 3. The summed E-state index contributed by atoms with van der Waals surface area (Å²) in [4.78, 5) is 20.9. The van der Waals surface area contributed by atoms with Gasteiger partial charge in [0, 0.05) is 26.2 Å². The molecule has 22 heavy (non-hydrogen) atoms. The fourth-order valence-electron chi connectivity index (χ4n) is 2.70. The summed E-state index contributed by atoms with van der Waals surface area (Å²) in [6, 6.07) is 0.280. The topological polar surface area (TPSA) is 57.2 Å². The number of hydrogen-bond donors (Lipinski definition) is 1. The molecule has 1 N–H and O–H groups in total. The van der Waals surface area contributed by atoms with E-state index in [2.05, 4.69) is 29.1 Å². The van der Waals surface area contributed by atoms with Crippen LogP contribution in [0.15, 0.2) is 4.99 Å². The Hall–Kier alpha value is -1.46. The van der Waals surface area contributed by atoms with E-state index in [-0.39, 0.29) is 12.1 Å². The summed E-state index contributed by atoms with van der Waals surface area (Å²) >= 11 is 0. The lowest BCUT2D eigenvalue weighted by atomic mass is 10.1. The van der Waals surface area contributed by atoms with Crippen LogP contribution in [0.3, 0.4) is 0 Å². The molecule has 126 valence electrons. The smallest absolute Gasteiger partial charge is 0.410 e. The van der Waals surface area contributed by atoms with E-state index >= 15 is 0 Å². The number of piperazine rings is 1. The van der Waals surface area contributed by atoms with E-state index in [9.17, 15) is 4.79 Å². The minimum atomic E-state index is -0.441. The van der Waals surface area contributed by atoms with Gasteiger partial charge in [0.05, 0.1) is 12.6 Å². The van der Waals surface area contributed by atoms with Crippen LogP contribution in [0, 0.1) is 5.92 Å². The first-order valence-corrected chi connectivity index (χ1v) is 8.29. The zero-order chi connectivity index (χ0) is 16.3. The third kappa shape index (κ3) is 4.52. The molecular weight excluding hydrogens is 280 g/mol. The number of rotatable bonds is 3. The van der Waals surface area contributed by atoms with Crippen LogP contribution in [-0.2, 0) is 4.74 Å². The lowest BCUT2D eigenvalue weighted by molar-refractivity contribution is 0.0137. The molecular formula is C16H30N4O2. The van der Waals surface area contributed by atoms with Crippen molar-refractivity contribution in [3.05, 3.63) is 0 Å². The van der Waals surface area contributed by atoms with Gasteiger partial charge in [0.2, 0.25) is 0 Å². The van der Waals surface area contributed by atoms with Gasteiger partial charge in [-0.25, -0.2) is 4.79 Å². The zero-order valence-corrected chi connectivity index (χ0v) is 14.6. The highest BCUT2D eigenvalue weighted by Gasteiger charge is 2.36. The maximum atomic E-state index is 12.2. The zero-order valence-electron chi connectivity index (χ0n) is 14.6. The minimum Gasteiger partial charge on any atom is -0.444 e. The largest absolute Gasteiger partial charge is 0.444 e. The monoisotopic (exact) mass is 310 g/mol. The summed E-state index contributed by atoms with van der Waals surface area (Å²) in [5, 5.41) is 3.44. The molecule has 1 atom stereocenters. The Bertz CT molecular complexity index is 428. The molecule has 0 aromatic heterocycles. The fourth-order valence-corrected chi connectivity index (χ4v) is 2.70. The van der Waals surface area contributed by atoms with E-state index in [4.69, 9.17) is 4.74 Å². The molecule has 1 unspecified atom stereocenters. The first-order valence-electron chi connectivity index (χ1n) is 8.29. The Labute approximate surface area is 133 Å². The average molecular weight is 310 g/mol. The van der Waals surface area contributed by atoms with Crippen molar-refractivity contribution in [3.8, 4) is 0 Å². The number of guanidine groups is 1. The molecule has 2 rings (SSSR count). The minimum absolute atomic E-state index is 0.214. The number of ether oxygens (including phenoxy) is 1. The van der Waals surface area contributed by atoms with Crippen LogP contribution in [0.1, 0.15) is 41.0 Å². The van der Waals surface area contributed by atoms with Gasteiger partial charge in [-0.05, 0) is 33.1 Å². The molecule has 0 aliphatic carbocycles. The van der Waals surface area contributed by atoms with Crippen LogP contribution >= 0.6 is 0 Å². The highest BCUT2D eigenvalue weighted by molar-refractivity contribution is 5.82. The summed E-state index contributed by atoms with van der Waals surface area (Å²) in [5.74, 6) is 1.68. The summed E-state index contributed by atoms with van der Waals surface area (Å²) in [6.45, 7) is 14.0. The number of amides is 1. The van der Waals surface area contributed by atoms with Crippen molar-refractivity contribution in [2.45, 2.75) is 52.7 Å². The molecule has 2 aliphatic heterocycles. The van der Waals surface area contributed by atoms with E-state index in [1.807, 2.05) is 20.8 Å². The predicted octanol–water partition coefficient (Wildman–Crippen LogP) is 1.91. The predicted molar refractivity (Wildman–Crippen MR) is 88.1 cm³/mol. The van der Waals surface area contributed by atoms with E-state index in [0.717, 1.165) is 32.0 Å². The second kappa shape index (κ2) is 6.75. The van der Waals surface area contributed by atoms with Crippen LogP contribution in [0.2, 0.25) is 0 Å². The third-order valence-corrected chi connectivity index (χ3v) is 3.86. The Morgan fingerprint density at radius 1 is 1.41 bits per heavy atom. The number of fused-ring (bicyclic) bond motifs is 1. The van der Waals surface area contributed by atoms with Gasteiger partial charge >= 0.3 is 6.09 Å². The number of carbonyl (C=O) groups excluding carboxylic acids is 1. The van der Waals surface area contributed by atoms with E-state index < -0.39 is 5.60 Å². The van der Waals surface area contributed by atoms with Gasteiger partial charge in [0.15, 0.2) is 5.96 Å². The molecule has 1 saturated heterocycles. The number of aliphatic imine (C=N–C) groups is 1. The van der Waals surface area contributed by atoms with Crippen molar-refractivity contribution in [1.82, 2.24) is 15.1 Å². The first-order chi connectivity index (χ1) is 10.3. The van der Waals surface area contributed by atoms with E-state index in [0.29, 0.717) is 19.0 Å². The molecule has 1 amide bonds. The van der Waals surface area contributed by atoms with Crippen LogP contribution in [0.25, 0.3) is 0 Å². The van der Waals surface area contributed by atoms with Gasteiger partial charge in [-0.3, -0.25) is 4.99 Å². The first kappa shape index (κ1) is 16.9. The van der Waals surface area contributed by atoms with Crippen molar-refractivity contribution < 1.29 is 9.53 Å². The molecule has 1 fully saturated rings. The fraction of sp³-hybridized carbons (Fsp3) is 0.875. The SMILES string of the molecule is CC(C)CCNC1=NCC2CN(C(=O)OC(C)(C)C)CCN12. The standard InChI is InChI=1S/C16H30N4O2/c1-12(2)6-7-17-14-18-10-13-11-19(8-9-20(13)14)15(21)22-16(3,4)5/h12-13H,6-11H2,1-5H3,(H,17,18). The highest BCUT2D eigenvalue weighted by Crippen LogP contribution is 2.18. The summed E-state index contributed by atoms with van der Waals surface area (Å²) in [5.41, 5.74) is -0.441. The normalized spacial score (nSPS) is 21.7. The van der Waals surface area contributed by atoms with Gasteiger partial charge in [-0.2, -0.15) is 0 Å². The second-order valence-electron chi connectivity index (χ2n) is 7.55. The summed E-state index contributed by atoms with van der Waals surface area (Å²) in [6.07, 6.45) is 0.926. The molecule has 0 spiro atoms. The average Bonchev–Trinajstić information content (AvgIpc) is 2.79. The van der Waals surface area contributed by atoms with Gasteiger partial charge in [0.1, 0.15) is 5.60 Å². The summed E-state index contributed by atoms with van der Waals surface area (Å²) < 4.78 is 5.46. The third-order valence-electron chi connectivity index (χ3n) is 3.86. The number of hydrogen-bond acceptors (Lipinski definition) is 5. The van der Waals surface area contributed by atoms with Gasteiger partial charge in [0.25, 0.3) is 0 Å². The highest BCUT2D eigenvalue weighted by atomic mass is 16.6. The van der Waals surface area contributed by atoms with Crippen molar-refractivity contribution >= 4 is 12.1 Å². The maximum absolute atomic E-state index is 12.2. The van der Waals surface area contributed by atoms with Crippen molar-refractivity contribution in [1.29, 1.82) is 0 Å². The van der Waals surface area contributed by atoms with Gasteiger partial charge in [-0.1, -0.05) is 13.8 Å². The molecule has 6 heteroatoms. The van der Waals surface area contributed by atoms with Crippen LogP contribution in [0.4, 0.5) is 4.79 Å². The lowest BCUT2D eigenvalue weighted by Gasteiger charge is -2.39. The van der Waals surface area contributed by atoms with E-state index in [1.54, 1.807) is 4.90 Å². The quantitative estimate of drug-likeness (QED) is 0.865. The molecule has 0 saturated carbocycles. The number of carbonyl (C=O) groups is 1. The van der Waals surface area contributed by atoms with Crippen molar-refractivity contribution in [3.63, 3.8) is 0 Å². The van der Waals surface area contributed by atoms with Crippen LogP contribution in [-0.4, -0.2) is 66.2 Å². The van der Waals surface area contributed by atoms with Gasteiger partial charge < -0.3 is 19.9 Å². The van der Waals surface area contributed by atoms with E-state index in [1.165, 1.54) is 0 Å². The van der Waals surface area contributed by atoms with Crippen molar-refractivity contribution in [2.75, 3.05) is 32.7 Å². The number of nitrogens with one attached hydrogen (secondary N) is 1. The second-order valence-corrected chi connectivity index (χ2v) is 7.55. The lowest BCUT2D eigenvalue weighted by Crippen LogP contribution is -2.57. The summed E-state index contributed by atoms with van der Waals surface area (Å²) in [7, 11) is 0. The van der Waals surface area contributed by atoms with Crippen LogP contribution in [0.5, 0.6) is 0 Å². The maximum Gasteiger partial charge on any atom is 0.410 e. The molecule has 0 aromatic rings. The molecule has 0 aromatic carbocycles. The Morgan fingerprint density at radius 2 is 2.14 bits per heavy atom. The van der Waals surface area contributed by atoms with Gasteiger partial charge in [-0.15, -0.1) is 0 Å². The van der Waals surface area contributed by atoms with Crippen LogP contribution < -0.4 is 5.32 Å². The Kier molecular flexibility index (Phi) is 5.19. The van der Waals surface area contributed by atoms with Crippen molar-refractivity contribution in [2.24, 2.45) is 10.9 Å². The molecule has 6 nitrogen and oxygen atoms in total. The Morgan fingerprint density at radius 3 is 2.77 bits per heavy atom. The molecule has 2 aliphatic rings.